The highest BCUT2D eigenvalue weighted by atomic mass is 32.2. The number of nitrogens with zero attached hydrogens (tertiary/aromatic N) is 1. The Bertz CT molecular complexity index is 655. The predicted octanol–water partition coefficient (Wildman–Crippen LogP) is 3.47. The average Bonchev–Trinajstić information content (AvgIpc) is 2.84. The van der Waals surface area contributed by atoms with Gasteiger partial charge >= 0.3 is 5.97 Å². The van der Waals surface area contributed by atoms with Crippen LogP contribution in [0, 0.1) is 0 Å². The van der Waals surface area contributed by atoms with Crippen molar-refractivity contribution in [3.05, 3.63) is 23.8 Å². The summed E-state index contributed by atoms with van der Waals surface area (Å²) in [7, 11) is 0. The summed E-state index contributed by atoms with van der Waals surface area (Å²) in [6.07, 6.45) is 2.23. The number of fused-ring (bicyclic) bond motifs is 1. The maximum Gasteiger partial charge on any atom is 0.335 e. The van der Waals surface area contributed by atoms with Crippen LogP contribution in [-0.4, -0.2) is 33.5 Å². The smallest absolute Gasteiger partial charge is 0.335 e. The Hall–Kier alpha value is -1.60. The fourth-order valence-electron chi connectivity index (χ4n) is 1.68. The Kier molecular flexibility index (Phi) is 5.58. The number of carboxylic acids is 1. The molecule has 0 saturated carbocycles. The molecule has 0 atom stereocenters. The van der Waals surface area contributed by atoms with E-state index in [0.29, 0.717) is 16.4 Å². The van der Waals surface area contributed by atoms with Gasteiger partial charge in [0, 0.05) is 0 Å². The van der Waals surface area contributed by atoms with Gasteiger partial charge in [-0.05, 0) is 30.4 Å². The largest absolute Gasteiger partial charge is 0.478 e. The molecule has 0 radical (unpaired) electrons. The Morgan fingerprint density at radius 3 is 2.95 bits per heavy atom. The van der Waals surface area contributed by atoms with Gasteiger partial charge in [-0.25, -0.2) is 9.78 Å². The maximum atomic E-state index is 11.8. The van der Waals surface area contributed by atoms with Crippen LogP contribution in [0.15, 0.2) is 18.2 Å². The standard InChI is InChI=1S/C14H16N2O3S2/c1-2-3-6-20-8-12(17)16-14-15-10-5-4-9(13(18)19)7-11(10)21-14/h4-5,7H,2-3,6,8H2,1H3,(H,18,19)(H,15,16,17). The van der Waals surface area contributed by atoms with Gasteiger partial charge in [-0.2, -0.15) is 11.8 Å². The van der Waals surface area contributed by atoms with Gasteiger partial charge in [0.1, 0.15) is 0 Å². The fraction of sp³-hybridized carbons (Fsp3) is 0.357. The quantitative estimate of drug-likeness (QED) is 0.762. The van der Waals surface area contributed by atoms with E-state index in [9.17, 15) is 9.59 Å². The molecule has 1 aromatic heterocycles. The van der Waals surface area contributed by atoms with Crippen molar-refractivity contribution < 1.29 is 14.7 Å². The predicted molar refractivity (Wildman–Crippen MR) is 87.4 cm³/mol. The number of thioether (sulfide) groups is 1. The van der Waals surface area contributed by atoms with Gasteiger partial charge in [-0.1, -0.05) is 24.7 Å². The monoisotopic (exact) mass is 324 g/mol. The normalized spacial score (nSPS) is 10.7. The molecule has 7 heteroatoms. The van der Waals surface area contributed by atoms with E-state index < -0.39 is 5.97 Å². The van der Waals surface area contributed by atoms with E-state index in [1.807, 2.05) is 0 Å². The lowest BCUT2D eigenvalue weighted by atomic mass is 10.2. The van der Waals surface area contributed by atoms with Gasteiger partial charge in [0.15, 0.2) is 5.13 Å². The number of amides is 1. The molecule has 0 bridgehead atoms. The Morgan fingerprint density at radius 2 is 2.24 bits per heavy atom. The lowest BCUT2D eigenvalue weighted by Gasteiger charge is -2.00. The van der Waals surface area contributed by atoms with Crippen LogP contribution < -0.4 is 5.32 Å². The number of aromatic carboxylic acids is 1. The van der Waals surface area contributed by atoms with E-state index >= 15 is 0 Å². The summed E-state index contributed by atoms with van der Waals surface area (Å²) in [5.41, 5.74) is 0.915. The number of aromatic nitrogens is 1. The molecule has 0 aliphatic rings. The average molecular weight is 324 g/mol. The summed E-state index contributed by atoms with van der Waals surface area (Å²) < 4.78 is 0.754. The zero-order valence-electron chi connectivity index (χ0n) is 11.6. The Labute approximate surface area is 130 Å². The van der Waals surface area contributed by atoms with Crippen molar-refractivity contribution >= 4 is 50.3 Å². The van der Waals surface area contributed by atoms with E-state index in [-0.39, 0.29) is 11.5 Å². The van der Waals surface area contributed by atoms with Gasteiger partial charge in [0.2, 0.25) is 5.91 Å². The van der Waals surface area contributed by atoms with Gasteiger partial charge in [0.05, 0.1) is 21.5 Å². The number of thiazole rings is 1. The number of hydrogen-bond donors (Lipinski definition) is 2. The molecule has 1 amide bonds. The second-order valence-electron chi connectivity index (χ2n) is 4.46. The first kappa shape index (κ1) is 15.8. The third-order valence-corrected chi connectivity index (χ3v) is 4.73. The number of nitrogens with one attached hydrogen (secondary N) is 1. The third-order valence-electron chi connectivity index (χ3n) is 2.76. The highest BCUT2D eigenvalue weighted by Crippen LogP contribution is 2.27. The Morgan fingerprint density at radius 1 is 1.43 bits per heavy atom. The lowest BCUT2D eigenvalue weighted by Crippen LogP contribution is -2.14. The molecule has 1 aromatic carbocycles. The number of anilines is 1. The summed E-state index contributed by atoms with van der Waals surface area (Å²) in [5.74, 6) is 0.346. The molecule has 0 aliphatic heterocycles. The minimum atomic E-state index is -0.969. The van der Waals surface area contributed by atoms with Crippen LogP contribution in [0.4, 0.5) is 5.13 Å². The number of unbranched alkanes of at least 4 members (excludes halogenated alkanes) is 1. The Balaban J connectivity index is 1.99. The van der Waals surface area contributed by atoms with Crippen molar-refractivity contribution in [2.45, 2.75) is 19.8 Å². The molecule has 2 N–H and O–H groups in total. The molecule has 2 rings (SSSR count). The number of carboxylic acid groups (broad SMARTS) is 1. The first-order valence-electron chi connectivity index (χ1n) is 6.61. The highest BCUT2D eigenvalue weighted by Gasteiger charge is 2.10. The van der Waals surface area contributed by atoms with E-state index in [2.05, 4.69) is 17.2 Å². The first-order valence-corrected chi connectivity index (χ1v) is 8.58. The van der Waals surface area contributed by atoms with Crippen LogP contribution in [0.5, 0.6) is 0 Å². The van der Waals surface area contributed by atoms with Crippen molar-refractivity contribution in [2.75, 3.05) is 16.8 Å². The van der Waals surface area contributed by atoms with E-state index in [4.69, 9.17) is 5.11 Å². The molecule has 112 valence electrons. The SMILES string of the molecule is CCCCSCC(=O)Nc1nc2ccc(C(=O)O)cc2s1. The van der Waals surface area contributed by atoms with Crippen molar-refractivity contribution in [1.82, 2.24) is 4.98 Å². The fourth-order valence-corrected chi connectivity index (χ4v) is 3.49. The van der Waals surface area contributed by atoms with Crippen LogP contribution in [0.3, 0.4) is 0 Å². The summed E-state index contributed by atoms with van der Waals surface area (Å²) in [6.45, 7) is 2.12. The first-order chi connectivity index (χ1) is 10.1. The molecule has 0 saturated heterocycles. The van der Waals surface area contributed by atoms with Crippen LogP contribution in [0.2, 0.25) is 0 Å². The summed E-state index contributed by atoms with van der Waals surface area (Å²) in [4.78, 5) is 27.0. The molecular formula is C14H16N2O3S2. The topological polar surface area (TPSA) is 79.3 Å². The molecule has 0 spiro atoms. The molecular weight excluding hydrogens is 308 g/mol. The lowest BCUT2D eigenvalue weighted by molar-refractivity contribution is -0.113. The van der Waals surface area contributed by atoms with Crippen LogP contribution in [-0.2, 0) is 4.79 Å². The molecule has 1 heterocycles. The summed E-state index contributed by atoms with van der Waals surface area (Å²) >= 11 is 2.89. The van der Waals surface area contributed by atoms with Crippen LogP contribution >= 0.6 is 23.1 Å². The maximum absolute atomic E-state index is 11.8. The van der Waals surface area contributed by atoms with Gasteiger partial charge in [0.25, 0.3) is 0 Å². The second-order valence-corrected chi connectivity index (χ2v) is 6.60. The molecule has 0 fully saturated rings. The molecule has 5 nitrogen and oxygen atoms in total. The van der Waals surface area contributed by atoms with Gasteiger partial charge in [-0.3, -0.25) is 4.79 Å². The number of carbonyl (C=O) groups is 2. The van der Waals surface area contributed by atoms with Crippen molar-refractivity contribution in [3.8, 4) is 0 Å². The van der Waals surface area contributed by atoms with Crippen LogP contribution in [0.25, 0.3) is 10.2 Å². The van der Waals surface area contributed by atoms with Crippen molar-refractivity contribution in [1.29, 1.82) is 0 Å². The minimum Gasteiger partial charge on any atom is -0.478 e. The second kappa shape index (κ2) is 7.42. The van der Waals surface area contributed by atoms with Gasteiger partial charge < -0.3 is 10.4 Å². The molecule has 0 unspecified atom stereocenters. The van der Waals surface area contributed by atoms with Crippen LogP contribution in [0.1, 0.15) is 30.1 Å². The van der Waals surface area contributed by atoms with E-state index in [1.165, 1.54) is 17.4 Å². The third kappa shape index (κ3) is 4.44. The molecule has 2 aromatic rings. The zero-order valence-corrected chi connectivity index (χ0v) is 13.2. The number of benzene rings is 1. The number of rotatable bonds is 7. The number of carbonyl (C=O) groups excluding carboxylic acids is 1. The molecule has 0 aliphatic carbocycles. The molecule has 21 heavy (non-hydrogen) atoms. The van der Waals surface area contributed by atoms with E-state index in [0.717, 1.165) is 23.3 Å². The zero-order chi connectivity index (χ0) is 15.2. The van der Waals surface area contributed by atoms with Crippen molar-refractivity contribution in [3.63, 3.8) is 0 Å². The number of hydrogen-bond acceptors (Lipinski definition) is 5. The van der Waals surface area contributed by atoms with Crippen molar-refractivity contribution in [2.24, 2.45) is 0 Å². The van der Waals surface area contributed by atoms with Gasteiger partial charge in [-0.15, -0.1) is 0 Å². The minimum absolute atomic E-state index is 0.0754. The summed E-state index contributed by atoms with van der Waals surface area (Å²) in [5, 5.41) is 12.2. The summed E-state index contributed by atoms with van der Waals surface area (Å²) in [6, 6.07) is 4.73. The highest BCUT2D eigenvalue weighted by molar-refractivity contribution is 7.99. The van der Waals surface area contributed by atoms with E-state index in [1.54, 1.807) is 23.9 Å².